The van der Waals surface area contributed by atoms with E-state index in [1.54, 1.807) is 0 Å². The van der Waals surface area contributed by atoms with Gasteiger partial charge in [-0.15, -0.1) is 0 Å². The van der Waals surface area contributed by atoms with Gasteiger partial charge in [0.25, 0.3) is 0 Å². The minimum absolute atomic E-state index is 0.165. The Balaban J connectivity index is 3.15. The van der Waals surface area contributed by atoms with Crippen molar-refractivity contribution in [3.63, 3.8) is 0 Å². The zero-order valence-electron chi connectivity index (χ0n) is 5.02. The Labute approximate surface area is 47.3 Å². The van der Waals surface area contributed by atoms with Crippen molar-refractivity contribution in [1.82, 2.24) is 0 Å². The molecule has 1 radical (unpaired) electrons. The molecule has 0 rings (SSSR count). The van der Waals surface area contributed by atoms with E-state index < -0.39 is 0 Å². The summed E-state index contributed by atoms with van der Waals surface area (Å²) in [4.78, 5) is 4.74. The lowest BCUT2D eigenvalue weighted by atomic mass is 10.2. The Morgan fingerprint density at radius 3 is 1.71 bits per heavy atom. The molecule has 3 heteroatoms. The summed E-state index contributed by atoms with van der Waals surface area (Å²) in [6, 6.07) is 0. The maximum Gasteiger partial charge on any atom is 0.225 e. The lowest BCUT2D eigenvalue weighted by molar-refractivity contribution is -0.273. The van der Waals surface area contributed by atoms with Gasteiger partial charge in [0.1, 0.15) is 0 Å². The van der Waals surface area contributed by atoms with Crippen LogP contribution < -0.4 is 0 Å². The Kier molecular flexibility index (Phi) is 2.49. The van der Waals surface area contributed by atoms with Crippen LogP contribution in [0, 0.1) is 0 Å². The van der Waals surface area contributed by atoms with Gasteiger partial charge in [0.05, 0.1) is 5.60 Å². The fourth-order valence-electron chi connectivity index (χ4n) is 0.177. The first-order valence-corrected chi connectivity index (χ1v) is 2.74. The fourth-order valence-corrected chi connectivity index (χ4v) is 0.530. The van der Waals surface area contributed by atoms with Crippen molar-refractivity contribution in [1.29, 1.82) is 0 Å². The quantitative estimate of drug-likeness (QED) is 0.280. The van der Waals surface area contributed by atoms with Gasteiger partial charge in [0.15, 0.2) is 0 Å². The van der Waals surface area contributed by atoms with Crippen molar-refractivity contribution >= 4 is 10.5 Å². The second-order valence-electron chi connectivity index (χ2n) is 2.31. The minimum atomic E-state index is -0.165. The highest BCUT2D eigenvalue weighted by Gasteiger charge is 2.08. The van der Waals surface area contributed by atoms with Gasteiger partial charge in [-0.2, -0.15) is 0 Å². The smallest absolute Gasteiger partial charge is 0.225 e. The van der Waals surface area contributed by atoms with E-state index in [-0.39, 0.29) is 5.60 Å². The summed E-state index contributed by atoms with van der Waals surface area (Å²) in [6.07, 6.45) is 0. The van der Waals surface area contributed by atoms with Crippen LogP contribution in [0.3, 0.4) is 0 Å². The van der Waals surface area contributed by atoms with E-state index in [4.69, 9.17) is 4.89 Å². The van der Waals surface area contributed by atoms with E-state index in [0.717, 1.165) is 0 Å². The van der Waals surface area contributed by atoms with Crippen LogP contribution in [-0.4, -0.2) is 16.1 Å². The monoisotopic (exact) mass is 119 g/mol. The largest absolute Gasteiger partial charge is 0.295 e. The minimum Gasteiger partial charge on any atom is -0.295 e. The summed E-state index contributed by atoms with van der Waals surface area (Å²) in [5, 5.41) is 0. The van der Waals surface area contributed by atoms with Crippen molar-refractivity contribution in [3.05, 3.63) is 0 Å². The predicted molar refractivity (Wildman–Crippen MR) is 30.5 cm³/mol. The average molecular weight is 119 g/mol. The van der Waals surface area contributed by atoms with E-state index in [1.165, 1.54) is 10.5 Å². The lowest BCUT2D eigenvalue weighted by Crippen LogP contribution is -2.18. The molecule has 43 valence electrons. The molecule has 0 unspecified atom stereocenters. The number of hydrogen-bond donors (Lipinski definition) is 0. The van der Waals surface area contributed by atoms with Crippen LogP contribution in [0.15, 0.2) is 0 Å². The summed E-state index contributed by atoms with van der Waals surface area (Å²) in [5.41, 5.74) is -0.165. The van der Waals surface area contributed by atoms with E-state index in [0.29, 0.717) is 0 Å². The molecule has 0 spiro atoms. The van der Waals surface area contributed by atoms with Gasteiger partial charge < -0.3 is 0 Å². The first kappa shape index (κ1) is 7.14. The molecule has 0 aliphatic carbocycles. The number of rotatable bonds is 1. The van der Waals surface area contributed by atoms with E-state index in [2.05, 4.69) is 4.58 Å². The van der Waals surface area contributed by atoms with Crippen molar-refractivity contribution < 1.29 is 9.46 Å². The summed E-state index contributed by atoms with van der Waals surface area (Å²) in [5.74, 6) is 0. The first-order valence-electron chi connectivity index (χ1n) is 2.16. The second-order valence-corrected chi connectivity index (χ2v) is 2.55. The van der Waals surface area contributed by atoms with Crippen molar-refractivity contribution in [2.45, 2.75) is 26.4 Å². The summed E-state index contributed by atoms with van der Waals surface area (Å²) in [7, 11) is 1.33. The van der Waals surface area contributed by atoms with E-state index in [9.17, 15) is 0 Å². The van der Waals surface area contributed by atoms with Crippen LogP contribution in [-0.2, 0) is 9.46 Å². The van der Waals surface area contributed by atoms with Gasteiger partial charge in [-0.1, -0.05) is 0 Å². The normalized spacial score (nSPS) is 12.0. The Morgan fingerprint density at radius 1 is 1.29 bits per heavy atom. The molecule has 0 aliphatic heterocycles. The Morgan fingerprint density at radius 2 is 1.71 bits per heavy atom. The topological polar surface area (TPSA) is 18.5 Å². The van der Waals surface area contributed by atoms with Crippen LogP contribution in [0.25, 0.3) is 0 Å². The van der Waals surface area contributed by atoms with Gasteiger partial charge in [-0.25, -0.2) is 4.89 Å². The zero-order chi connectivity index (χ0) is 5.91. The molecule has 0 aromatic rings. The highest BCUT2D eigenvalue weighted by molar-refractivity contribution is 5.97. The highest BCUT2D eigenvalue weighted by Crippen LogP contribution is 2.04. The van der Waals surface area contributed by atoms with Gasteiger partial charge >= 0.3 is 0 Å². The molecule has 0 amide bonds. The molecular formula is C4H11O2Si. The maximum absolute atomic E-state index is 4.74. The summed E-state index contributed by atoms with van der Waals surface area (Å²) >= 11 is 0. The summed E-state index contributed by atoms with van der Waals surface area (Å²) in [6.45, 7) is 5.79. The summed E-state index contributed by atoms with van der Waals surface area (Å²) < 4.78 is 4.43. The van der Waals surface area contributed by atoms with Gasteiger partial charge in [-0.3, -0.25) is 4.58 Å². The molecular weight excluding hydrogens is 108 g/mol. The predicted octanol–water partition coefficient (Wildman–Crippen LogP) is 0.281. The van der Waals surface area contributed by atoms with E-state index >= 15 is 0 Å². The fraction of sp³-hybridized carbons (Fsp3) is 1.00. The van der Waals surface area contributed by atoms with Crippen LogP contribution in [0.4, 0.5) is 0 Å². The first-order chi connectivity index (χ1) is 3.06. The highest BCUT2D eigenvalue weighted by atomic mass is 28.2. The molecule has 0 saturated carbocycles. The average Bonchev–Trinajstić information content (AvgIpc) is 1.30. The number of hydrogen-bond acceptors (Lipinski definition) is 2. The standard InChI is InChI=1S/C4H11O2Si/c1-4(2,3)5-6-7/h7H2,1-3H3. The third kappa shape index (κ3) is 6.14. The molecule has 2 nitrogen and oxygen atoms in total. The van der Waals surface area contributed by atoms with Crippen LogP contribution in [0.5, 0.6) is 0 Å². The van der Waals surface area contributed by atoms with Crippen molar-refractivity contribution in [2.24, 2.45) is 0 Å². The third-order valence-electron chi connectivity index (χ3n) is 0.309. The molecule has 0 fully saturated rings. The Hall–Kier alpha value is 0.137. The molecule has 0 aromatic heterocycles. The van der Waals surface area contributed by atoms with E-state index in [1.807, 2.05) is 20.8 Å². The van der Waals surface area contributed by atoms with Crippen LogP contribution in [0.1, 0.15) is 20.8 Å². The second kappa shape index (κ2) is 2.45. The molecule has 0 saturated heterocycles. The molecule has 0 aliphatic rings. The molecule has 0 bridgehead atoms. The molecule has 0 aromatic carbocycles. The van der Waals surface area contributed by atoms with Gasteiger partial charge in [-0.05, 0) is 20.8 Å². The van der Waals surface area contributed by atoms with Crippen LogP contribution >= 0.6 is 0 Å². The lowest BCUT2D eigenvalue weighted by Gasteiger charge is -2.15. The zero-order valence-corrected chi connectivity index (χ0v) is 6.44. The third-order valence-corrected chi connectivity index (χ3v) is 0.427. The maximum atomic E-state index is 4.74. The molecule has 0 N–H and O–H groups in total. The van der Waals surface area contributed by atoms with Crippen molar-refractivity contribution in [3.8, 4) is 0 Å². The van der Waals surface area contributed by atoms with Gasteiger partial charge in [0.2, 0.25) is 10.5 Å². The Bertz CT molecular complexity index is 48.1. The molecule has 7 heavy (non-hydrogen) atoms. The SMILES string of the molecule is CC(C)(C)OO[SiH2]. The van der Waals surface area contributed by atoms with Crippen molar-refractivity contribution in [2.75, 3.05) is 0 Å². The van der Waals surface area contributed by atoms with Crippen LogP contribution in [0.2, 0.25) is 0 Å². The molecule has 0 heterocycles. The van der Waals surface area contributed by atoms with Gasteiger partial charge in [0, 0.05) is 0 Å². The molecule has 0 atom stereocenters.